The van der Waals surface area contributed by atoms with E-state index in [1.54, 1.807) is 29.4 Å². The SMILES string of the molecule is CS(=O)Cc1cccc(C(=O)N2CCCC(c3nc(-c4cccc(F)c4)no3)C2)c1. The van der Waals surface area contributed by atoms with Gasteiger partial charge in [-0.2, -0.15) is 4.98 Å². The van der Waals surface area contributed by atoms with E-state index >= 15 is 0 Å². The number of aromatic nitrogens is 2. The van der Waals surface area contributed by atoms with Gasteiger partial charge in [-0.05, 0) is 42.7 Å². The van der Waals surface area contributed by atoms with Crippen molar-refractivity contribution in [2.45, 2.75) is 24.5 Å². The van der Waals surface area contributed by atoms with Crippen molar-refractivity contribution in [3.05, 3.63) is 71.4 Å². The zero-order valence-corrected chi connectivity index (χ0v) is 17.4. The maximum atomic E-state index is 13.5. The predicted octanol–water partition coefficient (Wildman–Crippen LogP) is 3.77. The van der Waals surface area contributed by atoms with Gasteiger partial charge < -0.3 is 9.42 Å². The van der Waals surface area contributed by atoms with Crippen LogP contribution < -0.4 is 0 Å². The van der Waals surface area contributed by atoms with Crippen LogP contribution in [-0.2, 0) is 16.6 Å². The van der Waals surface area contributed by atoms with Gasteiger partial charge in [-0.15, -0.1) is 0 Å². The van der Waals surface area contributed by atoms with E-state index in [0.29, 0.717) is 41.7 Å². The molecule has 3 aromatic rings. The molecular formula is C22H22FN3O3S. The average Bonchev–Trinajstić information content (AvgIpc) is 3.23. The highest BCUT2D eigenvalue weighted by atomic mass is 32.2. The molecule has 2 aromatic carbocycles. The Balaban J connectivity index is 1.48. The molecular weight excluding hydrogens is 405 g/mol. The molecule has 6 nitrogen and oxygen atoms in total. The van der Waals surface area contributed by atoms with E-state index in [-0.39, 0.29) is 17.6 Å². The van der Waals surface area contributed by atoms with Crippen LogP contribution in [-0.4, -0.2) is 44.5 Å². The van der Waals surface area contributed by atoms with Gasteiger partial charge in [0.05, 0.1) is 5.92 Å². The monoisotopic (exact) mass is 427 g/mol. The number of carbonyl (C=O) groups is 1. The third-order valence-corrected chi connectivity index (χ3v) is 5.87. The Kier molecular flexibility index (Phi) is 6.03. The Morgan fingerprint density at radius 3 is 2.90 bits per heavy atom. The average molecular weight is 428 g/mol. The van der Waals surface area contributed by atoms with E-state index in [1.807, 2.05) is 18.2 Å². The summed E-state index contributed by atoms with van der Waals surface area (Å²) >= 11 is 0. The lowest BCUT2D eigenvalue weighted by molar-refractivity contribution is 0.0695. The number of nitrogens with zero attached hydrogens (tertiary/aromatic N) is 3. The molecule has 0 saturated carbocycles. The number of likely N-dealkylation sites (tertiary alicyclic amines) is 1. The molecule has 0 radical (unpaired) electrons. The first-order chi connectivity index (χ1) is 14.5. The third kappa shape index (κ3) is 4.64. The van der Waals surface area contributed by atoms with Crippen molar-refractivity contribution in [2.24, 2.45) is 0 Å². The lowest BCUT2D eigenvalue weighted by atomic mass is 9.97. The molecule has 8 heteroatoms. The highest BCUT2D eigenvalue weighted by Gasteiger charge is 2.29. The van der Waals surface area contributed by atoms with E-state index in [9.17, 15) is 13.4 Å². The van der Waals surface area contributed by atoms with Gasteiger partial charge >= 0.3 is 0 Å². The molecule has 2 atom stereocenters. The van der Waals surface area contributed by atoms with Crippen molar-refractivity contribution in [1.82, 2.24) is 15.0 Å². The molecule has 1 fully saturated rings. The number of hydrogen-bond acceptors (Lipinski definition) is 5. The zero-order chi connectivity index (χ0) is 21.1. The van der Waals surface area contributed by atoms with E-state index in [2.05, 4.69) is 10.1 Å². The molecule has 0 N–H and O–H groups in total. The standard InChI is InChI=1S/C22H22FN3O3S/c1-30(28)14-15-5-2-7-17(11-15)22(27)26-10-4-8-18(13-26)21-24-20(25-29-21)16-6-3-9-19(23)12-16/h2-3,5-7,9,11-12,18H,4,8,10,13-14H2,1H3. The van der Waals surface area contributed by atoms with Crippen LogP contribution in [0, 0.1) is 5.82 Å². The number of carbonyl (C=O) groups excluding carboxylic acids is 1. The minimum absolute atomic E-state index is 0.0618. The first kappa shape index (κ1) is 20.4. The second-order valence-corrected chi connectivity index (χ2v) is 8.91. The summed E-state index contributed by atoms with van der Waals surface area (Å²) in [5.74, 6) is 0.740. The van der Waals surface area contributed by atoms with Gasteiger partial charge in [-0.1, -0.05) is 29.4 Å². The molecule has 1 amide bonds. The lowest BCUT2D eigenvalue weighted by Gasteiger charge is -2.31. The predicted molar refractivity (Wildman–Crippen MR) is 112 cm³/mol. The molecule has 2 heterocycles. The highest BCUT2D eigenvalue weighted by molar-refractivity contribution is 7.83. The van der Waals surface area contributed by atoms with Crippen LogP contribution >= 0.6 is 0 Å². The fourth-order valence-electron chi connectivity index (χ4n) is 3.72. The topological polar surface area (TPSA) is 76.3 Å². The molecule has 1 saturated heterocycles. The first-order valence-corrected chi connectivity index (χ1v) is 11.5. The van der Waals surface area contributed by atoms with E-state index in [1.165, 1.54) is 12.1 Å². The molecule has 30 heavy (non-hydrogen) atoms. The summed E-state index contributed by atoms with van der Waals surface area (Å²) in [4.78, 5) is 19.3. The molecule has 1 aliphatic heterocycles. The van der Waals surface area contributed by atoms with Gasteiger partial charge in [-0.3, -0.25) is 9.00 Å². The molecule has 1 aromatic heterocycles. The van der Waals surface area contributed by atoms with Gasteiger partial charge in [0.15, 0.2) is 0 Å². The summed E-state index contributed by atoms with van der Waals surface area (Å²) in [6.07, 6.45) is 3.31. The van der Waals surface area contributed by atoms with Gasteiger partial charge in [0, 0.05) is 47.0 Å². The molecule has 0 bridgehead atoms. The van der Waals surface area contributed by atoms with Crippen LogP contribution in [0.15, 0.2) is 53.1 Å². The van der Waals surface area contributed by atoms with Crippen LogP contribution in [0.5, 0.6) is 0 Å². The number of halogens is 1. The van der Waals surface area contributed by atoms with Crippen molar-refractivity contribution in [3.8, 4) is 11.4 Å². The number of amides is 1. The number of hydrogen-bond donors (Lipinski definition) is 0. The number of piperidine rings is 1. The van der Waals surface area contributed by atoms with Gasteiger partial charge in [0.2, 0.25) is 11.7 Å². The Labute approximate surface area is 176 Å². The summed E-state index contributed by atoms with van der Waals surface area (Å²) in [5, 5.41) is 3.98. The summed E-state index contributed by atoms with van der Waals surface area (Å²) in [7, 11) is -0.965. The summed E-state index contributed by atoms with van der Waals surface area (Å²) in [6.45, 7) is 1.14. The molecule has 0 aliphatic carbocycles. The molecule has 1 aliphatic rings. The van der Waals surface area contributed by atoms with Crippen LogP contribution in [0.4, 0.5) is 4.39 Å². The van der Waals surface area contributed by atoms with Crippen molar-refractivity contribution < 1.29 is 17.9 Å². The third-order valence-electron chi connectivity index (χ3n) is 5.13. The molecule has 2 unspecified atom stereocenters. The zero-order valence-electron chi connectivity index (χ0n) is 16.6. The van der Waals surface area contributed by atoms with Gasteiger partial charge in [-0.25, -0.2) is 4.39 Å². The van der Waals surface area contributed by atoms with Crippen LogP contribution in [0.1, 0.15) is 40.6 Å². The fourth-order valence-corrected chi connectivity index (χ4v) is 4.37. The normalized spacial score (nSPS) is 17.7. The lowest BCUT2D eigenvalue weighted by Crippen LogP contribution is -2.39. The second kappa shape index (κ2) is 8.87. The minimum atomic E-state index is -0.965. The second-order valence-electron chi connectivity index (χ2n) is 7.47. The quantitative estimate of drug-likeness (QED) is 0.619. The van der Waals surface area contributed by atoms with E-state index < -0.39 is 10.8 Å². The Bertz CT molecular complexity index is 1080. The number of benzene rings is 2. The van der Waals surface area contributed by atoms with Gasteiger partial charge in [0.25, 0.3) is 5.91 Å². The van der Waals surface area contributed by atoms with Crippen molar-refractivity contribution >= 4 is 16.7 Å². The number of rotatable bonds is 5. The van der Waals surface area contributed by atoms with E-state index in [0.717, 1.165) is 18.4 Å². The largest absolute Gasteiger partial charge is 0.339 e. The van der Waals surface area contributed by atoms with Crippen molar-refractivity contribution in [3.63, 3.8) is 0 Å². The molecule has 0 spiro atoms. The summed E-state index contributed by atoms with van der Waals surface area (Å²) < 4.78 is 30.4. The molecule has 156 valence electrons. The summed E-state index contributed by atoms with van der Waals surface area (Å²) in [5.41, 5.74) is 2.02. The Hall–Kier alpha value is -2.87. The minimum Gasteiger partial charge on any atom is -0.339 e. The maximum absolute atomic E-state index is 13.5. The smallest absolute Gasteiger partial charge is 0.253 e. The van der Waals surface area contributed by atoms with Crippen LogP contribution in [0.2, 0.25) is 0 Å². The highest BCUT2D eigenvalue weighted by Crippen LogP contribution is 2.28. The van der Waals surface area contributed by atoms with Gasteiger partial charge in [0.1, 0.15) is 5.82 Å². The fraction of sp³-hybridized carbons (Fsp3) is 0.318. The molecule has 4 rings (SSSR count). The Morgan fingerprint density at radius 2 is 2.10 bits per heavy atom. The van der Waals surface area contributed by atoms with Crippen LogP contribution in [0.25, 0.3) is 11.4 Å². The first-order valence-electron chi connectivity index (χ1n) is 9.77. The maximum Gasteiger partial charge on any atom is 0.253 e. The van der Waals surface area contributed by atoms with E-state index in [4.69, 9.17) is 4.52 Å². The summed E-state index contributed by atoms with van der Waals surface area (Å²) in [6, 6.07) is 13.3. The van der Waals surface area contributed by atoms with Crippen LogP contribution in [0.3, 0.4) is 0 Å². The Morgan fingerprint density at radius 1 is 1.27 bits per heavy atom. The van der Waals surface area contributed by atoms with Crippen molar-refractivity contribution in [2.75, 3.05) is 19.3 Å². The van der Waals surface area contributed by atoms with Crippen molar-refractivity contribution in [1.29, 1.82) is 0 Å².